The average Bonchev–Trinajstić information content (AvgIpc) is 3.26. The van der Waals surface area contributed by atoms with Gasteiger partial charge in [0.25, 0.3) is 0 Å². The number of rotatable bonds is 8. The highest BCUT2D eigenvalue weighted by Crippen LogP contribution is 2.67. The van der Waals surface area contributed by atoms with E-state index in [1.54, 1.807) is 11.6 Å². The van der Waals surface area contributed by atoms with Gasteiger partial charge in [0.1, 0.15) is 6.10 Å². The summed E-state index contributed by atoms with van der Waals surface area (Å²) in [5.41, 5.74) is 4.08. The van der Waals surface area contributed by atoms with E-state index < -0.39 is 0 Å². The molecule has 8 atom stereocenters. The molecule has 1 aromatic carbocycles. The first-order valence-corrected chi connectivity index (χ1v) is 15.8. The summed E-state index contributed by atoms with van der Waals surface area (Å²) in [4.78, 5) is 12.9. The van der Waals surface area contributed by atoms with Crippen LogP contribution in [0, 0.1) is 46.3 Å². The second kappa shape index (κ2) is 11.0. The summed E-state index contributed by atoms with van der Waals surface area (Å²) in [6.45, 7) is 16.3. The standard InChI is InChI=1S/C36H52O2/c1-7-26-11-13-27(14-12-26)34(37)38-29-19-21-35(5)28(23-29)15-16-30-32-18-17-31(25(4)10-8-9-24(2)3)36(32,6)22-20-33(30)35/h7,11-15,24-25,29-33H,1,8-10,16-23H2,2-6H3/t25?,29?,30?,31?,32?,33?,35-,36+/m0/s1. The molecule has 0 spiro atoms. The van der Waals surface area contributed by atoms with E-state index >= 15 is 0 Å². The zero-order chi connectivity index (χ0) is 27.1. The normalized spacial score (nSPS) is 37.0. The van der Waals surface area contributed by atoms with Gasteiger partial charge in [-0.05, 0) is 109 Å². The predicted octanol–water partition coefficient (Wildman–Crippen LogP) is 9.90. The maximum absolute atomic E-state index is 12.9. The van der Waals surface area contributed by atoms with Gasteiger partial charge in [0.05, 0.1) is 5.56 Å². The Morgan fingerprint density at radius 2 is 1.79 bits per heavy atom. The van der Waals surface area contributed by atoms with E-state index in [9.17, 15) is 4.79 Å². The molecule has 6 unspecified atom stereocenters. The molecule has 0 aliphatic heterocycles. The lowest BCUT2D eigenvalue weighted by Gasteiger charge is -2.58. The highest BCUT2D eigenvalue weighted by atomic mass is 16.5. The van der Waals surface area contributed by atoms with Crippen molar-refractivity contribution >= 4 is 12.0 Å². The van der Waals surface area contributed by atoms with Crippen molar-refractivity contribution in [3.05, 3.63) is 53.6 Å². The molecule has 38 heavy (non-hydrogen) atoms. The minimum Gasteiger partial charge on any atom is -0.458 e. The molecule has 3 saturated carbocycles. The Balaban J connectivity index is 1.24. The Morgan fingerprint density at radius 1 is 1.03 bits per heavy atom. The van der Waals surface area contributed by atoms with Gasteiger partial charge in [-0.25, -0.2) is 4.79 Å². The summed E-state index contributed by atoms with van der Waals surface area (Å²) < 4.78 is 6.05. The third kappa shape index (κ3) is 5.06. The first-order valence-electron chi connectivity index (χ1n) is 15.8. The van der Waals surface area contributed by atoms with Crippen LogP contribution in [0.5, 0.6) is 0 Å². The lowest BCUT2D eigenvalue weighted by Crippen LogP contribution is -2.51. The number of carbonyl (C=O) groups is 1. The fourth-order valence-corrected chi connectivity index (χ4v) is 9.73. The highest BCUT2D eigenvalue weighted by molar-refractivity contribution is 5.89. The summed E-state index contributed by atoms with van der Waals surface area (Å²) in [5.74, 6) is 4.96. The van der Waals surface area contributed by atoms with Crippen LogP contribution in [-0.4, -0.2) is 12.1 Å². The van der Waals surface area contributed by atoms with Crippen molar-refractivity contribution in [3.8, 4) is 0 Å². The summed E-state index contributed by atoms with van der Waals surface area (Å²) in [6, 6.07) is 7.58. The maximum Gasteiger partial charge on any atom is 0.338 e. The van der Waals surface area contributed by atoms with Crippen molar-refractivity contribution in [1.82, 2.24) is 0 Å². The molecule has 5 rings (SSSR count). The second-order valence-corrected chi connectivity index (χ2v) is 14.4. The SMILES string of the molecule is C=Cc1ccc(C(=O)OC2CC[C@@]3(C)C(=CCC4C5CCC(C(C)CCCC(C)C)[C@@]5(C)CCC43)C2)cc1. The van der Waals surface area contributed by atoms with Crippen molar-refractivity contribution in [3.63, 3.8) is 0 Å². The van der Waals surface area contributed by atoms with E-state index in [4.69, 9.17) is 4.74 Å². The van der Waals surface area contributed by atoms with Gasteiger partial charge >= 0.3 is 5.97 Å². The third-order valence-corrected chi connectivity index (χ3v) is 11.9. The van der Waals surface area contributed by atoms with Gasteiger partial charge in [-0.1, -0.05) is 90.3 Å². The molecule has 2 nitrogen and oxygen atoms in total. The van der Waals surface area contributed by atoms with Crippen LogP contribution in [0.4, 0.5) is 0 Å². The van der Waals surface area contributed by atoms with Crippen LogP contribution in [0.1, 0.15) is 121 Å². The summed E-state index contributed by atoms with van der Waals surface area (Å²) in [6.07, 6.45) is 18.6. The topological polar surface area (TPSA) is 26.3 Å². The van der Waals surface area contributed by atoms with Crippen LogP contribution in [0.3, 0.4) is 0 Å². The minimum atomic E-state index is -0.184. The van der Waals surface area contributed by atoms with Crippen LogP contribution >= 0.6 is 0 Å². The molecular formula is C36H52O2. The third-order valence-electron chi connectivity index (χ3n) is 11.9. The van der Waals surface area contributed by atoms with Crippen molar-refractivity contribution < 1.29 is 9.53 Å². The van der Waals surface area contributed by atoms with Gasteiger partial charge in [0, 0.05) is 6.42 Å². The Labute approximate surface area is 232 Å². The van der Waals surface area contributed by atoms with Gasteiger partial charge in [0.2, 0.25) is 0 Å². The van der Waals surface area contributed by atoms with Crippen LogP contribution in [-0.2, 0) is 4.74 Å². The Hall–Kier alpha value is -1.83. The zero-order valence-corrected chi connectivity index (χ0v) is 24.8. The fraction of sp³-hybridized carbons (Fsp3) is 0.694. The summed E-state index contributed by atoms with van der Waals surface area (Å²) in [5, 5.41) is 0. The number of allylic oxidation sites excluding steroid dienone is 1. The van der Waals surface area contributed by atoms with Crippen LogP contribution < -0.4 is 0 Å². The molecule has 0 saturated heterocycles. The van der Waals surface area contributed by atoms with E-state index in [2.05, 4.69) is 47.3 Å². The summed E-state index contributed by atoms with van der Waals surface area (Å²) in [7, 11) is 0. The Kier molecular flexibility index (Phi) is 8.01. The van der Waals surface area contributed by atoms with E-state index in [-0.39, 0.29) is 12.1 Å². The lowest BCUT2D eigenvalue weighted by molar-refractivity contribution is -0.0594. The van der Waals surface area contributed by atoms with Crippen molar-refractivity contribution in [2.45, 2.75) is 111 Å². The highest BCUT2D eigenvalue weighted by Gasteiger charge is 2.59. The number of ether oxygens (including phenoxy) is 1. The van der Waals surface area contributed by atoms with Crippen LogP contribution in [0.25, 0.3) is 6.08 Å². The predicted molar refractivity (Wildman–Crippen MR) is 159 cm³/mol. The molecule has 4 aliphatic carbocycles. The van der Waals surface area contributed by atoms with Gasteiger partial charge in [-0.3, -0.25) is 0 Å². The smallest absolute Gasteiger partial charge is 0.338 e. The van der Waals surface area contributed by atoms with Crippen molar-refractivity contribution in [2.24, 2.45) is 46.3 Å². The fourth-order valence-electron chi connectivity index (χ4n) is 9.73. The van der Waals surface area contributed by atoms with Gasteiger partial charge in [0.15, 0.2) is 0 Å². The monoisotopic (exact) mass is 516 g/mol. The number of carbonyl (C=O) groups excluding carboxylic acids is 1. The molecular weight excluding hydrogens is 464 g/mol. The molecule has 0 N–H and O–H groups in total. The zero-order valence-electron chi connectivity index (χ0n) is 24.8. The van der Waals surface area contributed by atoms with Crippen LogP contribution in [0.15, 0.2) is 42.5 Å². The quantitative estimate of drug-likeness (QED) is 0.254. The summed E-state index contributed by atoms with van der Waals surface area (Å²) >= 11 is 0. The van der Waals surface area contributed by atoms with E-state index in [1.165, 1.54) is 51.4 Å². The van der Waals surface area contributed by atoms with Gasteiger partial charge < -0.3 is 4.74 Å². The number of esters is 1. The first kappa shape index (κ1) is 27.7. The molecule has 0 bridgehead atoms. The largest absolute Gasteiger partial charge is 0.458 e. The molecule has 0 amide bonds. The Morgan fingerprint density at radius 3 is 2.50 bits per heavy atom. The van der Waals surface area contributed by atoms with E-state index in [0.717, 1.165) is 60.3 Å². The first-order chi connectivity index (χ1) is 18.2. The maximum atomic E-state index is 12.9. The minimum absolute atomic E-state index is 0.00821. The molecule has 3 fully saturated rings. The van der Waals surface area contributed by atoms with Gasteiger partial charge in [-0.15, -0.1) is 0 Å². The van der Waals surface area contributed by atoms with E-state index in [0.29, 0.717) is 16.4 Å². The van der Waals surface area contributed by atoms with Crippen molar-refractivity contribution in [1.29, 1.82) is 0 Å². The second-order valence-electron chi connectivity index (χ2n) is 14.4. The molecule has 0 heterocycles. The van der Waals surface area contributed by atoms with Crippen LogP contribution in [0.2, 0.25) is 0 Å². The number of hydrogen-bond acceptors (Lipinski definition) is 2. The molecule has 4 aliphatic rings. The number of benzene rings is 1. The van der Waals surface area contributed by atoms with Gasteiger partial charge in [-0.2, -0.15) is 0 Å². The molecule has 1 aromatic rings. The van der Waals surface area contributed by atoms with E-state index in [1.807, 2.05) is 24.3 Å². The van der Waals surface area contributed by atoms with Crippen molar-refractivity contribution in [2.75, 3.05) is 0 Å². The molecule has 0 aromatic heterocycles. The Bertz CT molecular complexity index is 1030. The lowest BCUT2D eigenvalue weighted by atomic mass is 9.47. The number of fused-ring (bicyclic) bond motifs is 5. The molecule has 0 radical (unpaired) electrons. The average molecular weight is 517 g/mol. The molecule has 2 heteroatoms. The number of hydrogen-bond donors (Lipinski definition) is 0. The molecule has 208 valence electrons.